The molecule has 0 saturated heterocycles. The minimum absolute atomic E-state index is 0.446. The molecule has 0 bridgehead atoms. The summed E-state index contributed by atoms with van der Waals surface area (Å²) in [4.78, 5) is 4.15. The third-order valence-corrected chi connectivity index (χ3v) is 5.70. The van der Waals surface area contributed by atoms with Gasteiger partial charge < -0.3 is 9.88 Å². The number of aromatic nitrogens is 2. The van der Waals surface area contributed by atoms with Crippen molar-refractivity contribution in [2.24, 2.45) is 0 Å². The smallest absolute Gasteiger partial charge is 0.153 e. The van der Waals surface area contributed by atoms with E-state index in [2.05, 4.69) is 14.9 Å². The van der Waals surface area contributed by atoms with Gasteiger partial charge >= 0.3 is 0 Å². The van der Waals surface area contributed by atoms with Gasteiger partial charge in [-0.05, 0) is 26.7 Å². The van der Waals surface area contributed by atoms with Gasteiger partial charge in [-0.2, -0.15) is 0 Å². The van der Waals surface area contributed by atoms with Crippen LogP contribution in [0.4, 0.5) is 0 Å². The second-order valence-electron chi connectivity index (χ2n) is 5.66. The van der Waals surface area contributed by atoms with Crippen molar-refractivity contribution in [1.29, 1.82) is 0 Å². The average Bonchev–Trinajstić information content (AvgIpc) is 2.98. The zero-order valence-corrected chi connectivity index (χ0v) is 12.0. The third-order valence-electron chi connectivity index (χ3n) is 3.55. The topological polar surface area (TPSA) is 64.0 Å². The Bertz CT molecular complexity index is 515. The van der Waals surface area contributed by atoms with E-state index in [9.17, 15) is 8.42 Å². The van der Waals surface area contributed by atoms with Gasteiger partial charge in [-0.3, -0.25) is 0 Å². The van der Waals surface area contributed by atoms with Gasteiger partial charge in [0.05, 0.1) is 16.8 Å². The molecule has 1 N–H and O–H groups in total. The molecule has 1 aromatic rings. The summed E-state index contributed by atoms with van der Waals surface area (Å²) < 4.78 is 24.6. The summed E-state index contributed by atoms with van der Waals surface area (Å²) in [6.07, 6.45) is 7.43. The molecular formula is C12H21N3O2S. The maximum Gasteiger partial charge on any atom is 0.153 e. The lowest BCUT2D eigenvalue weighted by atomic mass is 10.2. The quantitative estimate of drug-likeness (QED) is 0.842. The molecule has 6 heteroatoms. The highest BCUT2D eigenvalue weighted by molar-refractivity contribution is 7.92. The molecule has 0 aromatic carbocycles. The fourth-order valence-corrected chi connectivity index (χ4v) is 2.14. The molecule has 0 radical (unpaired) electrons. The predicted molar refractivity (Wildman–Crippen MR) is 71.1 cm³/mol. The second-order valence-corrected chi connectivity index (χ2v) is 8.31. The maximum atomic E-state index is 11.6. The van der Waals surface area contributed by atoms with Gasteiger partial charge in [-0.15, -0.1) is 0 Å². The summed E-state index contributed by atoms with van der Waals surface area (Å²) in [6, 6.07) is 0.604. The highest BCUT2D eigenvalue weighted by Crippen LogP contribution is 2.35. The Morgan fingerprint density at radius 3 is 2.72 bits per heavy atom. The van der Waals surface area contributed by atoms with Gasteiger partial charge in [-0.1, -0.05) is 0 Å². The van der Waals surface area contributed by atoms with E-state index in [-0.39, 0.29) is 0 Å². The Kier molecular flexibility index (Phi) is 3.51. The normalized spacial score (nSPS) is 17.1. The first kappa shape index (κ1) is 13.5. The Hall–Kier alpha value is -0.880. The van der Waals surface area contributed by atoms with E-state index < -0.39 is 14.6 Å². The van der Waals surface area contributed by atoms with E-state index in [0.717, 1.165) is 5.69 Å². The van der Waals surface area contributed by atoms with Crippen LogP contribution in [0.1, 0.15) is 38.4 Å². The first-order valence-corrected chi connectivity index (χ1v) is 8.11. The van der Waals surface area contributed by atoms with Crippen LogP contribution in [-0.4, -0.2) is 35.5 Å². The number of nitrogens with zero attached hydrogens (tertiary/aromatic N) is 2. The van der Waals surface area contributed by atoms with Gasteiger partial charge in [-0.25, -0.2) is 13.4 Å². The van der Waals surface area contributed by atoms with E-state index >= 15 is 0 Å². The Balaban J connectivity index is 1.90. The molecule has 0 aliphatic heterocycles. The van der Waals surface area contributed by atoms with Crippen LogP contribution in [0.25, 0.3) is 0 Å². The number of hydrogen-bond acceptors (Lipinski definition) is 4. The molecule has 102 valence electrons. The van der Waals surface area contributed by atoms with Gasteiger partial charge in [0.1, 0.15) is 0 Å². The van der Waals surface area contributed by atoms with Crippen LogP contribution < -0.4 is 5.32 Å². The molecule has 0 amide bonds. The Morgan fingerprint density at radius 1 is 1.50 bits per heavy atom. The zero-order valence-electron chi connectivity index (χ0n) is 11.2. The molecule has 1 heterocycles. The molecule has 0 spiro atoms. The van der Waals surface area contributed by atoms with Crippen LogP contribution in [-0.2, 0) is 16.4 Å². The molecule has 0 unspecified atom stereocenters. The zero-order chi connectivity index (χ0) is 13.4. The molecule has 1 saturated carbocycles. The summed E-state index contributed by atoms with van der Waals surface area (Å²) in [5.41, 5.74) is 1.13. The highest BCUT2D eigenvalue weighted by atomic mass is 32.2. The lowest BCUT2D eigenvalue weighted by Crippen LogP contribution is -2.41. The summed E-state index contributed by atoms with van der Waals surface area (Å²) in [5.74, 6) is 0. The van der Waals surface area contributed by atoms with Crippen molar-refractivity contribution in [3.05, 3.63) is 18.2 Å². The highest BCUT2D eigenvalue weighted by Gasteiger charge is 2.30. The van der Waals surface area contributed by atoms with Crippen molar-refractivity contribution in [1.82, 2.24) is 14.9 Å². The molecule has 1 aliphatic rings. The number of sulfone groups is 1. The molecule has 0 atom stereocenters. The van der Waals surface area contributed by atoms with E-state index in [1.54, 1.807) is 13.8 Å². The number of nitrogens with one attached hydrogen (secondary N) is 1. The van der Waals surface area contributed by atoms with Crippen molar-refractivity contribution in [3.63, 3.8) is 0 Å². The van der Waals surface area contributed by atoms with Gasteiger partial charge in [0.25, 0.3) is 0 Å². The van der Waals surface area contributed by atoms with Crippen molar-refractivity contribution < 1.29 is 8.42 Å². The first-order chi connectivity index (χ1) is 8.31. The van der Waals surface area contributed by atoms with Crippen LogP contribution in [0.3, 0.4) is 0 Å². The molecule has 5 nitrogen and oxygen atoms in total. The van der Waals surface area contributed by atoms with Crippen LogP contribution >= 0.6 is 0 Å². The van der Waals surface area contributed by atoms with Crippen molar-refractivity contribution in [2.45, 2.75) is 44.0 Å². The summed E-state index contributed by atoms with van der Waals surface area (Å²) in [5, 5.41) is 3.22. The minimum atomic E-state index is -3.04. The fourth-order valence-electron chi connectivity index (χ4n) is 1.77. The number of rotatable bonds is 6. The van der Waals surface area contributed by atoms with E-state index in [1.807, 2.05) is 12.5 Å². The van der Waals surface area contributed by atoms with Gasteiger partial charge in [0.2, 0.25) is 0 Å². The van der Waals surface area contributed by atoms with Crippen molar-refractivity contribution >= 4 is 9.84 Å². The Morgan fingerprint density at radius 2 is 2.17 bits per heavy atom. The number of hydrogen-bond donors (Lipinski definition) is 1. The Labute approximate surface area is 109 Å². The maximum absolute atomic E-state index is 11.6. The SMILES string of the molecule is CC(C)(CNCc1cncn1C1CC1)S(C)(=O)=O. The predicted octanol–water partition coefficient (Wildman–Crippen LogP) is 1.13. The molecule has 2 rings (SSSR count). The van der Waals surface area contributed by atoms with Crippen LogP contribution in [0.5, 0.6) is 0 Å². The average molecular weight is 271 g/mol. The largest absolute Gasteiger partial charge is 0.330 e. The van der Waals surface area contributed by atoms with Gasteiger partial charge in [0, 0.05) is 31.6 Å². The number of imidazole rings is 1. The standard InChI is InChI=1S/C12H21N3O2S/c1-12(2,18(3,16)17)8-13-6-11-7-14-9-15(11)10-4-5-10/h7,9-10,13H,4-6,8H2,1-3H3. The monoisotopic (exact) mass is 271 g/mol. The molecule has 1 fully saturated rings. The van der Waals surface area contributed by atoms with E-state index in [0.29, 0.717) is 19.1 Å². The minimum Gasteiger partial charge on any atom is -0.330 e. The summed E-state index contributed by atoms with van der Waals surface area (Å²) in [6.45, 7) is 4.60. The van der Waals surface area contributed by atoms with Crippen LogP contribution in [0.2, 0.25) is 0 Å². The third kappa shape index (κ3) is 2.92. The van der Waals surface area contributed by atoms with E-state index in [4.69, 9.17) is 0 Å². The summed E-state index contributed by atoms with van der Waals surface area (Å²) in [7, 11) is -3.04. The van der Waals surface area contributed by atoms with Gasteiger partial charge in [0.15, 0.2) is 9.84 Å². The first-order valence-electron chi connectivity index (χ1n) is 6.22. The molecule has 1 aromatic heterocycles. The molecular weight excluding hydrogens is 250 g/mol. The fraction of sp³-hybridized carbons (Fsp3) is 0.750. The lowest BCUT2D eigenvalue weighted by Gasteiger charge is -2.23. The van der Waals surface area contributed by atoms with E-state index in [1.165, 1.54) is 19.1 Å². The summed E-state index contributed by atoms with van der Waals surface area (Å²) >= 11 is 0. The molecule has 1 aliphatic carbocycles. The molecule has 18 heavy (non-hydrogen) atoms. The van der Waals surface area contributed by atoms with Crippen molar-refractivity contribution in [3.8, 4) is 0 Å². The lowest BCUT2D eigenvalue weighted by molar-refractivity contribution is 0.514. The second kappa shape index (κ2) is 4.66. The van der Waals surface area contributed by atoms with Crippen LogP contribution in [0.15, 0.2) is 12.5 Å². The van der Waals surface area contributed by atoms with Crippen LogP contribution in [0, 0.1) is 0 Å². The van der Waals surface area contributed by atoms with Crippen molar-refractivity contribution in [2.75, 3.05) is 12.8 Å².